The highest BCUT2D eigenvalue weighted by atomic mass is 35.5. The van der Waals surface area contributed by atoms with E-state index in [0.29, 0.717) is 26.2 Å². The minimum Gasteiger partial charge on any atom is -0.271 e. The van der Waals surface area contributed by atoms with Gasteiger partial charge >= 0.3 is 0 Å². The normalized spacial score (nSPS) is 12.5. The summed E-state index contributed by atoms with van der Waals surface area (Å²) in [7, 11) is 0. The van der Waals surface area contributed by atoms with Crippen molar-refractivity contribution in [3.05, 3.63) is 68.4 Å². The van der Waals surface area contributed by atoms with Crippen LogP contribution in [0.15, 0.2) is 36.4 Å². The highest BCUT2D eigenvalue weighted by Crippen LogP contribution is 2.30. The van der Waals surface area contributed by atoms with Crippen LogP contribution in [0.4, 0.5) is 4.39 Å². The molecule has 0 saturated heterocycles. The molecule has 6 heteroatoms. The summed E-state index contributed by atoms with van der Waals surface area (Å²) < 4.78 is 13.9. The Morgan fingerprint density at radius 3 is 2.37 bits per heavy atom. The third-order valence-electron chi connectivity index (χ3n) is 2.71. The van der Waals surface area contributed by atoms with Crippen LogP contribution < -0.4 is 11.3 Å². The van der Waals surface area contributed by atoms with Gasteiger partial charge in [0.25, 0.3) is 0 Å². The topological polar surface area (TPSA) is 38.0 Å². The predicted molar refractivity (Wildman–Crippen MR) is 77.0 cm³/mol. The van der Waals surface area contributed by atoms with Crippen LogP contribution in [0, 0.1) is 5.82 Å². The zero-order valence-corrected chi connectivity index (χ0v) is 11.9. The molecule has 2 aromatic carbocycles. The summed E-state index contributed by atoms with van der Waals surface area (Å²) in [5.74, 6) is 5.10. The molecule has 1 atom stereocenters. The molecule has 2 aromatic rings. The number of hydrogen-bond acceptors (Lipinski definition) is 2. The average molecular weight is 320 g/mol. The number of benzene rings is 2. The average Bonchev–Trinajstić information content (AvgIpc) is 2.38. The van der Waals surface area contributed by atoms with Gasteiger partial charge in [-0.05, 0) is 35.9 Å². The van der Waals surface area contributed by atoms with E-state index in [1.807, 2.05) is 0 Å². The summed E-state index contributed by atoms with van der Waals surface area (Å²) in [5, 5.41) is 1.23. The van der Waals surface area contributed by atoms with E-state index in [1.54, 1.807) is 18.2 Å². The van der Waals surface area contributed by atoms with E-state index < -0.39 is 11.9 Å². The second-order valence-corrected chi connectivity index (χ2v) is 5.19. The van der Waals surface area contributed by atoms with Gasteiger partial charge in [0, 0.05) is 10.6 Å². The van der Waals surface area contributed by atoms with Gasteiger partial charge in [0.15, 0.2) is 0 Å². The molecule has 0 aliphatic carbocycles. The molecule has 0 spiro atoms. The van der Waals surface area contributed by atoms with Gasteiger partial charge < -0.3 is 0 Å². The van der Waals surface area contributed by atoms with Crippen LogP contribution in [-0.4, -0.2) is 0 Å². The smallest absolute Gasteiger partial charge is 0.128 e. The van der Waals surface area contributed by atoms with Gasteiger partial charge in [-0.3, -0.25) is 5.84 Å². The molecule has 3 N–H and O–H groups in total. The van der Waals surface area contributed by atoms with Crippen molar-refractivity contribution in [2.75, 3.05) is 0 Å². The fourth-order valence-electron chi connectivity index (χ4n) is 1.79. The van der Waals surface area contributed by atoms with Crippen LogP contribution >= 0.6 is 34.8 Å². The molecule has 100 valence electrons. The first-order valence-electron chi connectivity index (χ1n) is 5.39. The standard InChI is InChI=1S/C13H10Cl3FN2/c14-8-2-4-12(17)9(6-8)13(19-18)7-1-3-10(15)11(16)5-7/h1-6,13,19H,18H2. The summed E-state index contributed by atoms with van der Waals surface area (Å²) in [4.78, 5) is 0. The molecule has 2 rings (SSSR count). The van der Waals surface area contributed by atoms with Gasteiger partial charge in [-0.1, -0.05) is 40.9 Å². The molecule has 0 bridgehead atoms. The fraction of sp³-hybridized carbons (Fsp3) is 0.0769. The number of halogens is 4. The quantitative estimate of drug-likeness (QED) is 0.652. The third-order valence-corrected chi connectivity index (χ3v) is 3.69. The Balaban J connectivity index is 2.49. The second-order valence-electron chi connectivity index (χ2n) is 3.94. The molecule has 1 unspecified atom stereocenters. The van der Waals surface area contributed by atoms with Crippen molar-refractivity contribution in [2.24, 2.45) is 5.84 Å². The molecule has 19 heavy (non-hydrogen) atoms. The number of rotatable bonds is 3. The van der Waals surface area contributed by atoms with E-state index in [-0.39, 0.29) is 0 Å². The maximum absolute atomic E-state index is 13.9. The lowest BCUT2D eigenvalue weighted by Crippen LogP contribution is -2.29. The first-order chi connectivity index (χ1) is 9.02. The second kappa shape index (κ2) is 6.07. The van der Waals surface area contributed by atoms with E-state index >= 15 is 0 Å². The van der Waals surface area contributed by atoms with Crippen LogP contribution in [-0.2, 0) is 0 Å². The Morgan fingerprint density at radius 2 is 1.74 bits per heavy atom. The monoisotopic (exact) mass is 318 g/mol. The summed E-state index contributed by atoms with van der Waals surface area (Å²) in [6.45, 7) is 0. The van der Waals surface area contributed by atoms with Crippen LogP contribution in [0.3, 0.4) is 0 Å². The highest BCUT2D eigenvalue weighted by Gasteiger charge is 2.18. The first kappa shape index (κ1) is 14.6. The van der Waals surface area contributed by atoms with E-state index in [0.717, 1.165) is 0 Å². The van der Waals surface area contributed by atoms with E-state index in [1.165, 1.54) is 18.2 Å². The Kier molecular flexibility index (Phi) is 4.66. The van der Waals surface area contributed by atoms with Crippen molar-refractivity contribution in [3.63, 3.8) is 0 Å². The van der Waals surface area contributed by atoms with Gasteiger partial charge in [-0.2, -0.15) is 0 Å². The summed E-state index contributed by atoms with van der Waals surface area (Å²) in [6.07, 6.45) is 0. The molecule has 0 aliphatic rings. The fourth-order valence-corrected chi connectivity index (χ4v) is 2.28. The largest absolute Gasteiger partial charge is 0.271 e. The van der Waals surface area contributed by atoms with Gasteiger partial charge in [-0.15, -0.1) is 0 Å². The number of hydrogen-bond donors (Lipinski definition) is 2. The van der Waals surface area contributed by atoms with Crippen molar-refractivity contribution < 1.29 is 4.39 Å². The van der Waals surface area contributed by atoms with Gasteiger partial charge in [0.1, 0.15) is 5.82 Å². The molecule has 0 aliphatic heterocycles. The van der Waals surface area contributed by atoms with Gasteiger partial charge in [0.05, 0.1) is 16.1 Å². The van der Waals surface area contributed by atoms with Crippen molar-refractivity contribution in [2.45, 2.75) is 6.04 Å². The molecule has 0 radical (unpaired) electrons. The summed E-state index contributed by atoms with van der Waals surface area (Å²) in [5.41, 5.74) is 3.58. The SMILES string of the molecule is NNC(c1ccc(Cl)c(Cl)c1)c1cc(Cl)ccc1F. The first-order valence-corrected chi connectivity index (χ1v) is 6.52. The molecule has 0 fully saturated rings. The van der Waals surface area contributed by atoms with E-state index in [9.17, 15) is 4.39 Å². The van der Waals surface area contributed by atoms with Crippen molar-refractivity contribution >= 4 is 34.8 Å². The van der Waals surface area contributed by atoms with Gasteiger partial charge in [0.2, 0.25) is 0 Å². The van der Waals surface area contributed by atoms with Crippen LogP contribution in [0.2, 0.25) is 15.1 Å². The minimum absolute atomic E-state index is 0.341. The molecule has 0 saturated carbocycles. The third kappa shape index (κ3) is 3.19. The molecular formula is C13H10Cl3FN2. The maximum atomic E-state index is 13.9. The molecular weight excluding hydrogens is 310 g/mol. The molecule has 0 aromatic heterocycles. The summed E-state index contributed by atoms with van der Waals surface area (Å²) >= 11 is 17.7. The molecule has 0 heterocycles. The molecule has 2 nitrogen and oxygen atoms in total. The summed E-state index contributed by atoms with van der Waals surface area (Å²) in [6, 6.07) is 8.71. The van der Waals surface area contributed by atoms with E-state index in [2.05, 4.69) is 5.43 Å². The Morgan fingerprint density at radius 1 is 1.00 bits per heavy atom. The van der Waals surface area contributed by atoms with Crippen LogP contribution in [0.5, 0.6) is 0 Å². The zero-order valence-electron chi connectivity index (χ0n) is 9.63. The lowest BCUT2D eigenvalue weighted by Gasteiger charge is -2.18. The van der Waals surface area contributed by atoms with Crippen LogP contribution in [0.25, 0.3) is 0 Å². The van der Waals surface area contributed by atoms with E-state index in [4.69, 9.17) is 40.6 Å². The zero-order chi connectivity index (χ0) is 14.0. The lowest BCUT2D eigenvalue weighted by atomic mass is 9.99. The predicted octanol–water partition coefficient (Wildman–Crippen LogP) is 4.34. The molecule has 0 amide bonds. The Bertz CT molecular complexity index is 604. The Hall–Kier alpha value is -0.840. The number of nitrogens with two attached hydrogens (primary N) is 1. The van der Waals surface area contributed by atoms with Crippen LogP contribution in [0.1, 0.15) is 17.2 Å². The van der Waals surface area contributed by atoms with Crippen molar-refractivity contribution in [1.29, 1.82) is 0 Å². The van der Waals surface area contributed by atoms with Crippen molar-refractivity contribution in [3.8, 4) is 0 Å². The minimum atomic E-state index is -0.562. The number of hydrazine groups is 1. The van der Waals surface area contributed by atoms with Gasteiger partial charge in [-0.25, -0.2) is 9.82 Å². The maximum Gasteiger partial charge on any atom is 0.128 e. The van der Waals surface area contributed by atoms with Crippen molar-refractivity contribution in [1.82, 2.24) is 5.43 Å². The highest BCUT2D eigenvalue weighted by molar-refractivity contribution is 6.42. The number of nitrogens with one attached hydrogen (secondary N) is 1. The lowest BCUT2D eigenvalue weighted by molar-refractivity contribution is 0.560. The Labute approximate surface area is 125 Å².